The van der Waals surface area contributed by atoms with Crippen molar-refractivity contribution in [2.75, 3.05) is 18.4 Å². The molecule has 0 saturated heterocycles. The third-order valence-corrected chi connectivity index (χ3v) is 3.80. The number of anilines is 1. The minimum absolute atomic E-state index is 0.122. The summed E-state index contributed by atoms with van der Waals surface area (Å²) < 4.78 is 0. The summed E-state index contributed by atoms with van der Waals surface area (Å²) in [7, 11) is 0. The first-order chi connectivity index (χ1) is 13.9. The van der Waals surface area contributed by atoms with Crippen LogP contribution < -0.4 is 21.3 Å². The van der Waals surface area contributed by atoms with Gasteiger partial charge in [-0.1, -0.05) is 48.5 Å². The molecule has 0 aromatic heterocycles. The number of carboxylic acid groups (broad SMARTS) is 1. The quantitative estimate of drug-likeness (QED) is 0.424. The fourth-order valence-electron chi connectivity index (χ4n) is 2.39. The van der Waals surface area contributed by atoms with Crippen molar-refractivity contribution < 1.29 is 24.3 Å². The van der Waals surface area contributed by atoms with Crippen molar-refractivity contribution in [2.24, 2.45) is 0 Å². The maximum atomic E-state index is 11.9. The zero-order valence-electron chi connectivity index (χ0n) is 15.6. The summed E-state index contributed by atoms with van der Waals surface area (Å²) in [4.78, 5) is 46.8. The first-order valence-electron chi connectivity index (χ1n) is 8.86. The van der Waals surface area contributed by atoms with Crippen molar-refractivity contribution in [1.29, 1.82) is 0 Å². The molecule has 152 valence electrons. The number of urea groups is 1. The van der Waals surface area contributed by atoms with Crippen molar-refractivity contribution in [2.45, 2.75) is 12.5 Å². The molecule has 2 aromatic carbocycles. The van der Waals surface area contributed by atoms with Crippen LogP contribution in [0.15, 0.2) is 60.7 Å². The SMILES string of the molecule is O=C(CNC(=O)Nc1ccccc1)NCC(=O)N[C@H](Cc1ccccc1)C(=O)O. The van der Waals surface area contributed by atoms with Crippen molar-refractivity contribution in [3.63, 3.8) is 0 Å². The maximum Gasteiger partial charge on any atom is 0.326 e. The number of para-hydroxylation sites is 1. The van der Waals surface area contributed by atoms with Crippen LogP contribution >= 0.6 is 0 Å². The molecule has 0 unspecified atom stereocenters. The lowest BCUT2D eigenvalue weighted by Crippen LogP contribution is -2.48. The minimum atomic E-state index is -1.17. The van der Waals surface area contributed by atoms with E-state index in [1.165, 1.54) is 0 Å². The standard InChI is InChI=1S/C20H22N4O5/c25-17(12-22-20(29)23-15-9-5-2-6-10-15)21-13-18(26)24-16(19(27)28)11-14-7-3-1-4-8-14/h1-10,16H,11-13H2,(H,21,25)(H,24,26)(H,27,28)(H2,22,23,29)/t16-/m1/s1. The van der Waals surface area contributed by atoms with Gasteiger partial charge in [-0.05, 0) is 17.7 Å². The number of aliphatic carboxylic acids is 1. The van der Waals surface area contributed by atoms with Gasteiger partial charge in [-0.15, -0.1) is 0 Å². The fraction of sp³-hybridized carbons (Fsp3) is 0.200. The smallest absolute Gasteiger partial charge is 0.326 e. The minimum Gasteiger partial charge on any atom is -0.480 e. The fourth-order valence-corrected chi connectivity index (χ4v) is 2.39. The molecule has 0 radical (unpaired) electrons. The first-order valence-corrected chi connectivity index (χ1v) is 8.86. The molecule has 5 N–H and O–H groups in total. The van der Waals surface area contributed by atoms with E-state index in [9.17, 15) is 24.3 Å². The lowest BCUT2D eigenvalue weighted by molar-refractivity contribution is -0.141. The lowest BCUT2D eigenvalue weighted by Gasteiger charge is -2.15. The third kappa shape index (κ3) is 8.12. The predicted octanol–water partition coefficient (Wildman–Crippen LogP) is 0.736. The van der Waals surface area contributed by atoms with Crippen LogP contribution in [0.25, 0.3) is 0 Å². The normalized spacial score (nSPS) is 11.0. The molecule has 4 amide bonds. The van der Waals surface area contributed by atoms with Gasteiger partial charge in [0.15, 0.2) is 0 Å². The maximum absolute atomic E-state index is 11.9. The second kappa shape index (κ2) is 11.1. The van der Waals surface area contributed by atoms with Gasteiger partial charge in [-0.3, -0.25) is 9.59 Å². The molecule has 2 aromatic rings. The van der Waals surface area contributed by atoms with Gasteiger partial charge in [0.2, 0.25) is 11.8 Å². The summed E-state index contributed by atoms with van der Waals surface area (Å²) in [6.07, 6.45) is 0.122. The molecular formula is C20H22N4O5. The Hall–Kier alpha value is -3.88. The second-order valence-corrected chi connectivity index (χ2v) is 6.10. The van der Waals surface area contributed by atoms with E-state index in [0.29, 0.717) is 5.69 Å². The van der Waals surface area contributed by atoms with E-state index in [-0.39, 0.29) is 13.0 Å². The number of carbonyl (C=O) groups is 4. The monoisotopic (exact) mass is 398 g/mol. The molecule has 0 aliphatic heterocycles. The van der Waals surface area contributed by atoms with Gasteiger partial charge in [0.05, 0.1) is 13.1 Å². The van der Waals surface area contributed by atoms with Crippen LogP contribution in [0.1, 0.15) is 5.56 Å². The third-order valence-electron chi connectivity index (χ3n) is 3.80. The lowest BCUT2D eigenvalue weighted by atomic mass is 10.1. The van der Waals surface area contributed by atoms with E-state index in [0.717, 1.165) is 5.56 Å². The number of amides is 4. The molecule has 2 rings (SSSR count). The van der Waals surface area contributed by atoms with Crippen molar-refractivity contribution in [3.05, 3.63) is 66.2 Å². The number of nitrogens with one attached hydrogen (secondary N) is 4. The highest BCUT2D eigenvalue weighted by Gasteiger charge is 2.20. The Morgan fingerprint density at radius 2 is 1.38 bits per heavy atom. The molecule has 9 nitrogen and oxygen atoms in total. The van der Waals surface area contributed by atoms with Gasteiger partial charge in [0, 0.05) is 12.1 Å². The zero-order valence-corrected chi connectivity index (χ0v) is 15.6. The zero-order chi connectivity index (χ0) is 21.1. The highest BCUT2D eigenvalue weighted by molar-refractivity contribution is 5.93. The number of carbonyl (C=O) groups excluding carboxylic acids is 3. The van der Waals surface area contributed by atoms with E-state index < -0.39 is 36.4 Å². The van der Waals surface area contributed by atoms with E-state index in [2.05, 4.69) is 21.3 Å². The summed E-state index contributed by atoms with van der Waals surface area (Å²) >= 11 is 0. The molecule has 0 bridgehead atoms. The Kier molecular flexibility index (Phi) is 8.18. The van der Waals surface area contributed by atoms with Crippen LogP contribution in [0.2, 0.25) is 0 Å². The van der Waals surface area contributed by atoms with E-state index in [4.69, 9.17) is 0 Å². The predicted molar refractivity (Wildman–Crippen MR) is 106 cm³/mol. The van der Waals surface area contributed by atoms with Crippen molar-refractivity contribution >= 4 is 29.5 Å². The summed E-state index contributed by atoms with van der Waals surface area (Å²) in [6, 6.07) is 15.9. The van der Waals surface area contributed by atoms with Gasteiger partial charge in [-0.25, -0.2) is 9.59 Å². The molecule has 0 spiro atoms. The Labute approximate surface area is 167 Å². The number of hydrogen-bond donors (Lipinski definition) is 5. The number of carboxylic acids is 1. The van der Waals surface area contributed by atoms with Crippen molar-refractivity contribution in [1.82, 2.24) is 16.0 Å². The highest BCUT2D eigenvalue weighted by Crippen LogP contribution is 2.04. The van der Waals surface area contributed by atoms with Crippen LogP contribution in [0.4, 0.5) is 10.5 Å². The molecule has 29 heavy (non-hydrogen) atoms. The van der Waals surface area contributed by atoms with Gasteiger partial charge in [-0.2, -0.15) is 0 Å². The molecule has 9 heteroatoms. The van der Waals surface area contributed by atoms with Crippen LogP contribution in [-0.2, 0) is 20.8 Å². The molecule has 0 fully saturated rings. The first kappa shape index (κ1) is 21.4. The number of hydrogen-bond acceptors (Lipinski definition) is 4. The van der Waals surface area contributed by atoms with E-state index in [1.807, 2.05) is 6.07 Å². The molecule has 0 saturated carbocycles. The summed E-state index contributed by atoms with van der Waals surface area (Å²) in [6.45, 7) is -0.738. The molecule has 0 aliphatic rings. The average molecular weight is 398 g/mol. The molecule has 0 aliphatic carbocycles. The number of rotatable bonds is 9. The summed E-state index contributed by atoms with van der Waals surface area (Å²) in [5.74, 6) is -2.40. The van der Waals surface area contributed by atoms with E-state index >= 15 is 0 Å². The average Bonchev–Trinajstić information content (AvgIpc) is 2.71. The van der Waals surface area contributed by atoms with Crippen LogP contribution in [-0.4, -0.2) is 48.1 Å². The topological polar surface area (TPSA) is 137 Å². The van der Waals surface area contributed by atoms with Crippen LogP contribution in [0, 0.1) is 0 Å². The van der Waals surface area contributed by atoms with Crippen molar-refractivity contribution in [3.8, 4) is 0 Å². The molecular weight excluding hydrogens is 376 g/mol. The summed E-state index contributed by atoms with van der Waals surface area (Å²) in [5, 5.41) is 18.9. The van der Waals surface area contributed by atoms with Gasteiger partial charge >= 0.3 is 12.0 Å². The Morgan fingerprint density at radius 3 is 2.00 bits per heavy atom. The van der Waals surface area contributed by atoms with Gasteiger partial charge in [0.1, 0.15) is 6.04 Å². The molecule has 0 heterocycles. The number of benzene rings is 2. The van der Waals surface area contributed by atoms with Gasteiger partial charge < -0.3 is 26.4 Å². The molecule has 1 atom stereocenters. The highest BCUT2D eigenvalue weighted by atomic mass is 16.4. The Balaban J connectivity index is 1.70. The Bertz CT molecular complexity index is 842. The summed E-state index contributed by atoms with van der Waals surface area (Å²) in [5.41, 5.74) is 1.33. The van der Waals surface area contributed by atoms with E-state index in [1.54, 1.807) is 54.6 Å². The van der Waals surface area contributed by atoms with Crippen LogP contribution in [0.5, 0.6) is 0 Å². The Morgan fingerprint density at radius 1 is 0.793 bits per heavy atom. The second-order valence-electron chi connectivity index (χ2n) is 6.10. The van der Waals surface area contributed by atoms with Crippen LogP contribution in [0.3, 0.4) is 0 Å². The largest absolute Gasteiger partial charge is 0.480 e. The van der Waals surface area contributed by atoms with Gasteiger partial charge in [0.25, 0.3) is 0 Å².